The molecule has 0 aliphatic heterocycles. The average Bonchev–Trinajstić information content (AvgIpc) is 2.48. The van der Waals surface area contributed by atoms with Gasteiger partial charge in [-0.2, -0.15) is 0 Å². The van der Waals surface area contributed by atoms with Crippen LogP contribution < -0.4 is 4.74 Å². The summed E-state index contributed by atoms with van der Waals surface area (Å²) in [6.45, 7) is 0.290. The molecule has 1 aromatic rings. The lowest BCUT2D eigenvalue weighted by atomic mass is 10.1. The van der Waals surface area contributed by atoms with E-state index < -0.39 is 5.97 Å². The summed E-state index contributed by atoms with van der Waals surface area (Å²) in [7, 11) is 3.10. The maximum absolute atomic E-state index is 12.1. The van der Waals surface area contributed by atoms with Gasteiger partial charge >= 0.3 is 5.97 Å². The Morgan fingerprint density at radius 2 is 2.05 bits per heavy atom. The van der Waals surface area contributed by atoms with Crippen molar-refractivity contribution in [2.75, 3.05) is 33.9 Å². The molecule has 0 aliphatic rings. The molecule has 0 saturated carbocycles. The summed E-state index contributed by atoms with van der Waals surface area (Å²) in [5.74, 6) is -0.486. The minimum Gasteiger partial charge on any atom is -0.497 e. The van der Waals surface area contributed by atoms with Gasteiger partial charge in [0.2, 0.25) is 5.91 Å². The van der Waals surface area contributed by atoms with Crippen molar-refractivity contribution in [1.29, 1.82) is 0 Å². The second-order valence-corrected chi connectivity index (χ2v) is 4.55. The molecule has 1 aromatic carbocycles. The van der Waals surface area contributed by atoms with Crippen LogP contribution in [0.2, 0.25) is 0 Å². The molecular weight excluding hydrogens is 274 g/mol. The number of carbonyl (C=O) groups is 2. The molecule has 0 heterocycles. The number of carbonyl (C=O) groups excluding carboxylic acids is 1. The summed E-state index contributed by atoms with van der Waals surface area (Å²) in [6.07, 6.45) is 0.795. The predicted molar refractivity (Wildman–Crippen MR) is 77.4 cm³/mol. The third-order valence-corrected chi connectivity index (χ3v) is 3.01. The zero-order chi connectivity index (χ0) is 15.7. The highest BCUT2D eigenvalue weighted by Crippen LogP contribution is 2.14. The van der Waals surface area contributed by atoms with Crippen molar-refractivity contribution >= 4 is 11.9 Å². The molecule has 0 aromatic heterocycles. The van der Waals surface area contributed by atoms with Gasteiger partial charge < -0.3 is 19.5 Å². The molecule has 21 heavy (non-hydrogen) atoms. The van der Waals surface area contributed by atoms with E-state index in [0.717, 1.165) is 11.3 Å². The molecule has 0 bridgehead atoms. The van der Waals surface area contributed by atoms with E-state index in [1.165, 1.54) is 12.0 Å². The molecule has 0 saturated heterocycles. The van der Waals surface area contributed by atoms with Crippen LogP contribution in [0.5, 0.6) is 5.75 Å². The highest BCUT2D eigenvalue weighted by molar-refractivity contribution is 5.81. The van der Waals surface area contributed by atoms with Gasteiger partial charge in [-0.05, 0) is 24.1 Å². The largest absolute Gasteiger partial charge is 0.497 e. The number of nitrogens with zero attached hydrogens (tertiary/aromatic N) is 1. The van der Waals surface area contributed by atoms with Crippen molar-refractivity contribution in [3.8, 4) is 5.75 Å². The minimum atomic E-state index is -1.03. The molecule has 1 N–H and O–H groups in total. The van der Waals surface area contributed by atoms with E-state index in [9.17, 15) is 9.59 Å². The van der Waals surface area contributed by atoms with Crippen molar-refractivity contribution < 1.29 is 24.2 Å². The zero-order valence-corrected chi connectivity index (χ0v) is 12.4. The number of benzene rings is 1. The van der Waals surface area contributed by atoms with Crippen molar-refractivity contribution in [2.24, 2.45) is 0 Å². The first-order chi connectivity index (χ1) is 10.1. The van der Waals surface area contributed by atoms with E-state index >= 15 is 0 Å². The SMILES string of the molecule is COCCN(CC(=O)O)C(=O)CCc1cccc(OC)c1. The van der Waals surface area contributed by atoms with Crippen LogP contribution in [0.1, 0.15) is 12.0 Å². The zero-order valence-electron chi connectivity index (χ0n) is 12.4. The number of hydrogen-bond donors (Lipinski definition) is 1. The molecule has 0 fully saturated rings. The fourth-order valence-corrected chi connectivity index (χ4v) is 1.89. The third-order valence-electron chi connectivity index (χ3n) is 3.01. The fourth-order valence-electron chi connectivity index (χ4n) is 1.89. The van der Waals surface area contributed by atoms with Crippen molar-refractivity contribution in [2.45, 2.75) is 12.8 Å². The van der Waals surface area contributed by atoms with Crippen LogP contribution in [0.25, 0.3) is 0 Å². The number of methoxy groups -OCH3 is 2. The van der Waals surface area contributed by atoms with Crippen LogP contribution >= 0.6 is 0 Å². The molecular formula is C15H21NO5. The van der Waals surface area contributed by atoms with Crippen LogP contribution in [-0.4, -0.2) is 55.8 Å². The Kier molecular flexibility index (Phi) is 7.25. The Labute approximate surface area is 124 Å². The maximum Gasteiger partial charge on any atom is 0.323 e. The number of rotatable bonds is 9. The molecule has 6 heteroatoms. The first kappa shape index (κ1) is 17.0. The van der Waals surface area contributed by atoms with Crippen molar-refractivity contribution in [3.63, 3.8) is 0 Å². The number of ether oxygens (including phenoxy) is 2. The van der Waals surface area contributed by atoms with Gasteiger partial charge in [-0.15, -0.1) is 0 Å². The summed E-state index contributed by atoms with van der Waals surface area (Å²) in [5.41, 5.74) is 0.977. The molecule has 116 valence electrons. The van der Waals surface area contributed by atoms with E-state index in [2.05, 4.69) is 0 Å². The number of carboxylic acids is 1. The Morgan fingerprint density at radius 1 is 1.29 bits per heavy atom. The summed E-state index contributed by atoms with van der Waals surface area (Å²) < 4.78 is 10.0. The quantitative estimate of drug-likeness (QED) is 0.740. The van der Waals surface area contributed by atoms with Crippen LogP contribution in [0, 0.1) is 0 Å². The number of aliphatic carboxylic acids is 1. The first-order valence-electron chi connectivity index (χ1n) is 6.68. The highest BCUT2D eigenvalue weighted by Gasteiger charge is 2.16. The standard InChI is InChI=1S/C15H21NO5/c1-20-9-8-16(11-15(18)19)14(17)7-6-12-4-3-5-13(10-12)21-2/h3-5,10H,6-9,11H2,1-2H3,(H,18,19). The summed E-state index contributed by atoms with van der Waals surface area (Å²) in [4.78, 5) is 24.2. The van der Waals surface area contributed by atoms with Crippen LogP contribution in [-0.2, 0) is 20.7 Å². The van der Waals surface area contributed by atoms with E-state index in [1.807, 2.05) is 24.3 Å². The smallest absolute Gasteiger partial charge is 0.323 e. The van der Waals surface area contributed by atoms with Crippen molar-refractivity contribution in [3.05, 3.63) is 29.8 Å². The van der Waals surface area contributed by atoms with Crippen LogP contribution in [0.15, 0.2) is 24.3 Å². The summed E-state index contributed by atoms with van der Waals surface area (Å²) in [6, 6.07) is 7.47. The van der Waals surface area contributed by atoms with Gasteiger partial charge in [0.15, 0.2) is 0 Å². The Hall–Kier alpha value is -2.08. The molecule has 0 spiro atoms. The number of carboxylic acid groups (broad SMARTS) is 1. The van der Waals surface area contributed by atoms with E-state index in [4.69, 9.17) is 14.6 Å². The Morgan fingerprint density at radius 3 is 2.67 bits per heavy atom. The van der Waals surface area contributed by atoms with Crippen LogP contribution in [0.3, 0.4) is 0 Å². The first-order valence-corrected chi connectivity index (χ1v) is 6.68. The lowest BCUT2D eigenvalue weighted by molar-refractivity contribution is -0.144. The average molecular weight is 295 g/mol. The predicted octanol–water partition coefficient (Wildman–Crippen LogP) is 1.19. The fraction of sp³-hybridized carbons (Fsp3) is 0.467. The Balaban J connectivity index is 2.57. The van der Waals surface area contributed by atoms with E-state index in [1.54, 1.807) is 7.11 Å². The van der Waals surface area contributed by atoms with Gasteiger partial charge in [0, 0.05) is 20.1 Å². The van der Waals surface area contributed by atoms with E-state index in [-0.39, 0.29) is 25.4 Å². The second kappa shape index (κ2) is 8.97. The van der Waals surface area contributed by atoms with Crippen LogP contribution in [0.4, 0.5) is 0 Å². The van der Waals surface area contributed by atoms with Gasteiger partial charge in [-0.3, -0.25) is 9.59 Å². The molecule has 0 unspecified atom stereocenters. The lowest BCUT2D eigenvalue weighted by Crippen LogP contribution is -2.38. The molecule has 1 rings (SSSR count). The molecule has 6 nitrogen and oxygen atoms in total. The number of hydrogen-bond acceptors (Lipinski definition) is 4. The molecule has 0 radical (unpaired) electrons. The van der Waals surface area contributed by atoms with E-state index in [0.29, 0.717) is 13.0 Å². The number of amides is 1. The van der Waals surface area contributed by atoms with Gasteiger partial charge in [-0.25, -0.2) is 0 Å². The summed E-state index contributed by atoms with van der Waals surface area (Å²) in [5, 5.41) is 8.83. The van der Waals surface area contributed by atoms with Crippen molar-refractivity contribution in [1.82, 2.24) is 4.90 Å². The third kappa shape index (κ3) is 6.27. The van der Waals surface area contributed by atoms with Gasteiger partial charge in [0.05, 0.1) is 13.7 Å². The van der Waals surface area contributed by atoms with Gasteiger partial charge in [-0.1, -0.05) is 12.1 Å². The maximum atomic E-state index is 12.1. The molecule has 0 aliphatic carbocycles. The topological polar surface area (TPSA) is 76.1 Å². The normalized spacial score (nSPS) is 10.2. The minimum absolute atomic E-state index is 0.197. The molecule has 0 atom stereocenters. The van der Waals surface area contributed by atoms with Gasteiger partial charge in [0.25, 0.3) is 0 Å². The highest BCUT2D eigenvalue weighted by atomic mass is 16.5. The molecule has 1 amide bonds. The van der Waals surface area contributed by atoms with Gasteiger partial charge in [0.1, 0.15) is 12.3 Å². The second-order valence-electron chi connectivity index (χ2n) is 4.55. The Bertz CT molecular complexity index is 475. The summed E-state index contributed by atoms with van der Waals surface area (Å²) >= 11 is 0. The monoisotopic (exact) mass is 295 g/mol. The lowest BCUT2D eigenvalue weighted by Gasteiger charge is -2.20. The number of aryl methyl sites for hydroxylation is 1.